The van der Waals surface area contributed by atoms with Crippen molar-refractivity contribution in [3.63, 3.8) is 0 Å². The van der Waals surface area contributed by atoms with Crippen LogP contribution in [-0.2, 0) is 17.8 Å². The summed E-state index contributed by atoms with van der Waals surface area (Å²) in [4.78, 5) is 17.1. The van der Waals surface area contributed by atoms with Crippen molar-refractivity contribution in [1.82, 2.24) is 14.8 Å². The van der Waals surface area contributed by atoms with Crippen LogP contribution in [0.15, 0.2) is 66.9 Å². The molecule has 0 saturated carbocycles. The van der Waals surface area contributed by atoms with Gasteiger partial charge in [0.05, 0.1) is 29.7 Å². The number of carbonyl (C=O) groups is 1. The van der Waals surface area contributed by atoms with E-state index in [0.29, 0.717) is 29.0 Å². The molecule has 6 heteroatoms. The zero-order valence-electron chi connectivity index (χ0n) is 16.6. The number of aliphatic hydroxyl groups is 1. The summed E-state index contributed by atoms with van der Waals surface area (Å²) in [6.07, 6.45) is 2.29. The van der Waals surface area contributed by atoms with E-state index in [2.05, 4.69) is 10.1 Å². The van der Waals surface area contributed by atoms with Crippen molar-refractivity contribution in [3.8, 4) is 5.69 Å². The van der Waals surface area contributed by atoms with Crippen molar-refractivity contribution in [2.24, 2.45) is 0 Å². The minimum Gasteiger partial charge on any atom is -0.390 e. The molecule has 5 nitrogen and oxygen atoms in total. The molecule has 4 aromatic rings. The fourth-order valence-electron chi connectivity index (χ4n) is 3.69. The van der Waals surface area contributed by atoms with Crippen LogP contribution < -0.4 is 0 Å². The molecule has 0 bridgehead atoms. The number of rotatable bonds is 7. The van der Waals surface area contributed by atoms with Crippen molar-refractivity contribution in [2.75, 3.05) is 0 Å². The molecule has 30 heavy (non-hydrogen) atoms. The summed E-state index contributed by atoms with van der Waals surface area (Å²) in [6, 6.07) is 17.7. The number of carbonyl (C=O) groups excluding carboxylic acids is 1. The average Bonchev–Trinajstić information content (AvgIpc) is 3.18. The first-order chi connectivity index (χ1) is 14.5. The highest BCUT2D eigenvalue weighted by Crippen LogP contribution is 2.24. The molecule has 4 rings (SSSR count). The van der Waals surface area contributed by atoms with E-state index in [0.717, 1.165) is 10.9 Å². The predicted molar refractivity (Wildman–Crippen MR) is 113 cm³/mol. The third-order valence-corrected chi connectivity index (χ3v) is 5.17. The number of pyridine rings is 1. The fraction of sp³-hybridized carbons (Fsp3) is 0.208. The highest BCUT2D eigenvalue weighted by molar-refractivity contribution is 5.85. The zero-order chi connectivity index (χ0) is 21.1. The van der Waals surface area contributed by atoms with Crippen molar-refractivity contribution in [1.29, 1.82) is 0 Å². The minimum atomic E-state index is -0.332. The number of ketones is 1. The number of aromatic nitrogens is 3. The molecule has 0 aliphatic heterocycles. The van der Waals surface area contributed by atoms with E-state index in [9.17, 15) is 14.3 Å². The van der Waals surface area contributed by atoms with Gasteiger partial charge in [0.25, 0.3) is 0 Å². The Bertz CT molecular complexity index is 1170. The van der Waals surface area contributed by atoms with Crippen LogP contribution in [0.2, 0.25) is 0 Å². The summed E-state index contributed by atoms with van der Waals surface area (Å²) >= 11 is 0. The van der Waals surface area contributed by atoms with Gasteiger partial charge in [0.1, 0.15) is 11.6 Å². The highest BCUT2D eigenvalue weighted by atomic mass is 19.1. The molecule has 0 amide bonds. The lowest BCUT2D eigenvalue weighted by Gasteiger charge is -2.12. The first-order valence-corrected chi connectivity index (χ1v) is 9.85. The maximum atomic E-state index is 13.2. The zero-order valence-corrected chi connectivity index (χ0v) is 16.6. The Morgan fingerprint density at radius 1 is 1.13 bits per heavy atom. The van der Waals surface area contributed by atoms with Crippen LogP contribution in [0.4, 0.5) is 4.39 Å². The molecule has 0 radical (unpaired) electrons. The molecular weight excluding hydrogens is 381 g/mol. The summed E-state index contributed by atoms with van der Waals surface area (Å²) in [5.41, 5.74) is 3.50. The molecule has 152 valence electrons. The van der Waals surface area contributed by atoms with E-state index in [4.69, 9.17) is 0 Å². The molecule has 0 aliphatic rings. The summed E-state index contributed by atoms with van der Waals surface area (Å²) in [7, 11) is 0. The van der Waals surface area contributed by atoms with E-state index in [-0.39, 0.29) is 30.5 Å². The highest BCUT2D eigenvalue weighted by Gasteiger charge is 2.16. The van der Waals surface area contributed by atoms with Crippen LogP contribution in [0.1, 0.15) is 36.2 Å². The molecule has 0 aliphatic carbocycles. The van der Waals surface area contributed by atoms with E-state index in [1.54, 1.807) is 23.0 Å². The van der Waals surface area contributed by atoms with Crippen LogP contribution in [0.5, 0.6) is 0 Å². The van der Waals surface area contributed by atoms with E-state index in [1.165, 1.54) is 12.1 Å². The van der Waals surface area contributed by atoms with Gasteiger partial charge in [0.15, 0.2) is 0 Å². The van der Waals surface area contributed by atoms with Gasteiger partial charge < -0.3 is 5.11 Å². The van der Waals surface area contributed by atoms with Crippen LogP contribution in [0, 0.1) is 5.82 Å². The molecule has 1 N–H and O–H groups in total. The first kappa shape index (κ1) is 19.9. The normalized spacial score (nSPS) is 12.2. The smallest absolute Gasteiger partial charge is 0.139 e. The quantitative estimate of drug-likeness (QED) is 0.498. The number of halogens is 1. The van der Waals surface area contributed by atoms with Crippen molar-refractivity contribution in [3.05, 3.63) is 89.6 Å². The van der Waals surface area contributed by atoms with Gasteiger partial charge in [-0.3, -0.25) is 9.78 Å². The van der Waals surface area contributed by atoms with Crippen LogP contribution >= 0.6 is 0 Å². The Balaban J connectivity index is 1.58. The topological polar surface area (TPSA) is 68.0 Å². The van der Waals surface area contributed by atoms with Crippen molar-refractivity contribution < 1.29 is 14.3 Å². The second-order valence-electron chi connectivity index (χ2n) is 7.42. The van der Waals surface area contributed by atoms with Gasteiger partial charge in [-0.15, -0.1) is 0 Å². The Hall–Kier alpha value is -3.38. The van der Waals surface area contributed by atoms with Crippen LogP contribution in [0.3, 0.4) is 0 Å². The Morgan fingerprint density at radius 2 is 1.87 bits per heavy atom. The Labute approximate surface area is 173 Å². The summed E-state index contributed by atoms with van der Waals surface area (Å²) in [6.45, 7) is 1.75. The molecular formula is C24H22FN3O2. The molecule has 2 heterocycles. The average molecular weight is 403 g/mol. The number of Topliss-reactive ketones (excluding diaryl/α,β-unsaturated/α-hetero) is 1. The monoisotopic (exact) mass is 403 g/mol. The molecule has 0 spiro atoms. The number of fused-ring (bicyclic) bond motifs is 1. The number of aliphatic hydroxyl groups excluding tert-OH is 1. The SMILES string of the molecule is C[C@@H](CC(=O)Cc1cc2cnn(-c3ccc(F)cc3)c2c(CO)n1)c1ccccc1. The van der Waals surface area contributed by atoms with Gasteiger partial charge >= 0.3 is 0 Å². The van der Waals surface area contributed by atoms with Crippen LogP contribution in [-0.4, -0.2) is 25.7 Å². The third-order valence-electron chi connectivity index (χ3n) is 5.17. The second-order valence-corrected chi connectivity index (χ2v) is 7.42. The summed E-state index contributed by atoms with van der Waals surface area (Å²) in [5.74, 6) is -0.116. The lowest BCUT2D eigenvalue weighted by atomic mass is 9.94. The van der Waals surface area contributed by atoms with Crippen LogP contribution in [0.25, 0.3) is 16.6 Å². The number of hydrogen-bond donors (Lipinski definition) is 1. The number of benzene rings is 2. The molecule has 2 aromatic carbocycles. The van der Waals surface area contributed by atoms with Gasteiger partial charge in [-0.2, -0.15) is 5.10 Å². The Kier molecular flexibility index (Phi) is 5.68. The molecule has 0 saturated heterocycles. The molecule has 2 aromatic heterocycles. The second kappa shape index (κ2) is 8.55. The summed E-state index contributed by atoms with van der Waals surface area (Å²) in [5, 5.41) is 15.0. The predicted octanol–water partition coefficient (Wildman–Crippen LogP) is 4.36. The maximum absolute atomic E-state index is 13.2. The van der Waals surface area contributed by atoms with Gasteiger partial charge in [-0.1, -0.05) is 37.3 Å². The van der Waals surface area contributed by atoms with E-state index < -0.39 is 0 Å². The number of hydrogen-bond acceptors (Lipinski definition) is 4. The fourth-order valence-corrected chi connectivity index (χ4v) is 3.69. The molecule has 1 atom stereocenters. The van der Waals surface area contributed by atoms with Gasteiger partial charge in [0, 0.05) is 23.9 Å². The minimum absolute atomic E-state index is 0.0908. The largest absolute Gasteiger partial charge is 0.390 e. The van der Waals surface area contributed by atoms with Gasteiger partial charge in [0.2, 0.25) is 0 Å². The Morgan fingerprint density at radius 3 is 2.57 bits per heavy atom. The third kappa shape index (κ3) is 4.14. The molecule has 0 fully saturated rings. The maximum Gasteiger partial charge on any atom is 0.139 e. The standard InChI is InChI=1S/C24H22FN3O2/c1-16(17-5-3-2-4-6-17)11-22(30)13-20-12-18-14-26-28(24(18)23(15-29)27-20)21-9-7-19(25)8-10-21/h2-10,12,14,16,29H,11,13,15H2,1H3/t16-/m0/s1. The molecule has 0 unspecified atom stereocenters. The number of nitrogens with zero attached hydrogens (tertiary/aromatic N) is 3. The lowest BCUT2D eigenvalue weighted by Crippen LogP contribution is -2.10. The lowest BCUT2D eigenvalue weighted by molar-refractivity contribution is -0.118. The van der Waals surface area contributed by atoms with Crippen molar-refractivity contribution >= 4 is 16.7 Å². The first-order valence-electron chi connectivity index (χ1n) is 9.85. The van der Waals surface area contributed by atoms with E-state index in [1.807, 2.05) is 43.3 Å². The van der Waals surface area contributed by atoms with Crippen molar-refractivity contribution in [2.45, 2.75) is 32.3 Å². The summed E-state index contributed by atoms with van der Waals surface area (Å²) < 4.78 is 14.9. The van der Waals surface area contributed by atoms with E-state index >= 15 is 0 Å². The van der Waals surface area contributed by atoms with Gasteiger partial charge in [-0.05, 0) is 41.8 Å². The van der Waals surface area contributed by atoms with Gasteiger partial charge in [-0.25, -0.2) is 9.07 Å².